The molecule has 0 aromatic heterocycles. The smallest absolute Gasteiger partial charge is 0.329 e. The Labute approximate surface area is 116 Å². The minimum Gasteiger partial charge on any atom is -0.493 e. The molecule has 0 saturated heterocycles. The second kappa shape index (κ2) is 7.13. The molecule has 0 atom stereocenters. The fourth-order valence-electron chi connectivity index (χ4n) is 1.53. The second-order valence-corrected chi connectivity index (χ2v) is 4.02. The fourth-order valence-corrected chi connectivity index (χ4v) is 1.53. The van der Waals surface area contributed by atoms with Crippen molar-refractivity contribution in [1.82, 2.24) is 5.43 Å². The van der Waals surface area contributed by atoms with E-state index < -0.39 is 11.8 Å². The SMILES string of the molecule is COc1ccc(C/C(C)=N\NC(=O)C(N)=O)cc1OC. The maximum absolute atomic E-state index is 11.0. The number of nitrogens with one attached hydrogen (secondary N) is 1. The van der Waals surface area contributed by atoms with Crippen LogP contribution in [0.3, 0.4) is 0 Å². The average Bonchev–Trinajstić information content (AvgIpc) is 2.44. The number of rotatable bonds is 5. The van der Waals surface area contributed by atoms with E-state index in [0.717, 1.165) is 5.56 Å². The number of hydrazone groups is 1. The third-order valence-corrected chi connectivity index (χ3v) is 2.48. The lowest BCUT2D eigenvalue weighted by Gasteiger charge is -2.09. The van der Waals surface area contributed by atoms with Gasteiger partial charge in [-0.1, -0.05) is 6.07 Å². The first-order chi connectivity index (χ1) is 9.47. The van der Waals surface area contributed by atoms with E-state index >= 15 is 0 Å². The Morgan fingerprint density at radius 2 is 1.90 bits per heavy atom. The van der Waals surface area contributed by atoms with Gasteiger partial charge in [0.05, 0.1) is 14.2 Å². The van der Waals surface area contributed by atoms with Gasteiger partial charge in [0.15, 0.2) is 11.5 Å². The molecule has 0 heterocycles. The monoisotopic (exact) mass is 279 g/mol. The summed E-state index contributed by atoms with van der Waals surface area (Å²) < 4.78 is 10.3. The maximum atomic E-state index is 11.0. The number of hydrogen-bond donors (Lipinski definition) is 2. The Hall–Kier alpha value is -2.57. The Balaban J connectivity index is 2.75. The van der Waals surface area contributed by atoms with Gasteiger partial charge in [0.1, 0.15) is 0 Å². The Kier molecular flexibility index (Phi) is 5.52. The lowest BCUT2D eigenvalue weighted by atomic mass is 10.1. The molecular formula is C13H17N3O4. The van der Waals surface area contributed by atoms with Crippen LogP contribution in [0.15, 0.2) is 23.3 Å². The standard InChI is InChI=1S/C13H17N3O4/c1-8(15-16-13(18)12(14)17)6-9-4-5-10(19-2)11(7-9)20-3/h4-5,7H,6H2,1-3H3,(H2,14,17)(H,16,18)/b15-8-. The molecule has 20 heavy (non-hydrogen) atoms. The van der Waals surface area contributed by atoms with Gasteiger partial charge in [-0.25, -0.2) is 5.43 Å². The first-order valence-corrected chi connectivity index (χ1v) is 5.81. The summed E-state index contributed by atoms with van der Waals surface area (Å²) in [6.45, 7) is 1.72. The Morgan fingerprint density at radius 1 is 1.25 bits per heavy atom. The summed E-state index contributed by atoms with van der Waals surface area (Å²) in [4.78, 5) is 21.5. The zero-order valence-electron chi connectivity index (χ0n) is 11.6. The second-order valence-electron chi connectivity index (χ2n) is 4.02. The van der Waals surface area contributed by atoms with Crippen LogP contribution in [0, 0.1) is 0 Å². The molecule has 1 aromatic rings. The summed E-state index contributed by atoms with van der Waals surface area (Å²) in [6, 6.07) is 5.45. The van der Waals surface area contributed by atoms with Crippen LogP contribution in [0.1, 0.15) is 12.5 Å². The van der Waals surface area contributed by atoms with Gasteiger partial charge >= 0.3 is 11.8 Å². The Bertz CT molecular complexity index is 540. The number of nitrogens with zero attached hydrogens (tertiary/aromatic N) is 1. The summed E-state index contributed by atoms with van der Waals surface area (Å²) in [7, 11) is 3.11. The summed E-state index contributed by atoms with van der Waals surface area (Å²) in [5.74, 6) is -0.781. The third kappa shape index (κ3) is 4.27. The number of nitrogens with two attached hydrogens (primary N) is 1. The molecule has 7 nitrogen and oxygen atoms in total. The average molecular weight is 279 g/mol. The highest BCUT2D eigenvalue weighted by atomic mass is 16.5. The van der Waals surface area contributed by atoms with Crippen molar-refractivity contribution in [3.8, 4) is 11.5 Å². The van der Waals surface area contributed by atoms with Crippen LogP contribution in [0.2, 0.25) is 0 Å². The summed E-state index contributed by atoms with van der Waals surface area (Å²) in [6.07, 6.45) is 0.486. The van der Waals surface area contributed by atoms with Crippen LogP contribution in [-0.4, -0.2) is 31.7 Å². The van der Waals surface area contributed by atoms with E-state index in [4.69, 9.17) is 15.2 Å². The zero-order chi connectivity index (χ0) is 15.1. The number of benzene rings is 1. The predicted octanol–water partition coefficient (Wildman–Crippen LogP) is 0.224. The van der Waals surface area contributed by atoms with Crippen LogP contribution >= 0.6 is 0 Å². The third-order valence-electron chi connectivity index (χ3n) is 2.48. The van der Waals surface area contributed by atoms with Crippen molar-refractivity contribution in [3.63, 3.8) is 0 Å². The van der Waals surface area contributed by atoms with E-state index in [1.165, 1.54) is 0 Å². The molecule has 0 aliphatic carbocycles. The van der Waals surface area contributed by atoms with Crippen molar-refractivity contribution in [3.05, 3.63) is 23.8 Å². The first kappa shape index (κ1) is 15.5. The number of carbonyl (C=O) groups excluding carboxylic acids is 2. The van der Waals surface area contributed by atoms with E-state index in [1.807, 2.05) is 12.1 Å². The van der Waals surface area contributed by atoms with Gasteiger partial charge < -0.3 is 15.2 Å². The molecule has 3 N–H and O–H groups in total. The molecule has 0 aliphatic heterocycles. The van der Waals surface area contributed by atoms with Crippen LogP contribution in [0.25, 0.3) is 0 Å². The van der Waals surface area contributed by atoms with Gasteiger partial charge in [-0.05, 0) is 24.6 Å². The largest absolute Gasteiger partial charge is 0.493 e. The van der Waals surface area contributed by atoms with E-state index in [-0.39, 0.29) is 0 Å². The molecule has 7 heteroatoms. The minimum atomic E-state index is -1.08. The first-order valence-electron chi connectivity index (χ1n) is 5.81. The van der Waals surface area contributed by atoms with E-state index in [2.05, 4.69) is 10.5 Å². The van der Waals surface area contributed by atoms with Crippen molar-refractivity contribution >= 4 is 17.5 Å². The number of ether oxygens (including phenoxy) is 2. The van der Waals surface area contributed by atoms with Gasteiger partial charge in [-0.15, -0.1) is 0 Å². The molecule has 0 aliphatic rings. The molecule has 1 aromatic carbocycles. The molecule has 2 amide bonds. The normalized spacial score (nSPS) is 10.8. The molecule has 0 unspecified atom stereocenters. The molecule has 0 saturated carbocycles. The number of amides is 2. The highest BCUT2D eigenvalue weighted by Gasteiger charge is 2.08. The number of primary amides is 1. The summed E-state index contributed by atoms with van der Waals surface area (Å²) in [5, 5.41) is 3.78. The molecule has 108 valence electrons. The molecular weight excluding hydrogens is 262 g/mol. The quantitative estimate of drug-likeness (QED) is 0.457. The Morgan fingerprint density at radius 3 is 2.45 bits per heavy atom. The minimum absolute atomic E-state index is 0.486. The molecule has 0 spiro atoms. The van der Waals surface area contributed by atoms with Crippen LogP contribution in [-0.2, 0) is 16.0 Å². The van der Waals surface area contributed by atoms with E-state index in [0.29, 0.717) is 23.6 Å². The van der Waals surface area contributed by atoms with Crippen molar-refractivity contribution < 1.29 is 19.1 Å². The van der Waals surface area contributed by atoms with E-state index in [9.17, 15) is 9.59 Å². The van der Waals surface area contributed by atoms with Crippen molar-refractivity contribution in [2.45, 2.75) is 13.3 Å². The van der Waals surface area contributed by atoms with Gasteiger partial charge in [-0.2, -0.15) is 5.10 Å². The lowest BCUT2D eigenvalue weighted by molar-refractivity contribution is -0.137. The zero-order valence-corrected chi connectivity index (χ0v) is 11.6. The fraction of sp³-hybridized carbons (Fsp3) is 0.308. The number of carbonyl (C=O) groups is 2. The topological polar surface area (TPSA) is 103 Å². The van der Waals surface area contributed by atoms with Crippen molar-refractivity contribution in [2.75, 3.05) is 14.2 Å². The lowest BCUT2D eigenvalue weighted by Crippen LogP contribution is -2.33. The molecule has 0 bridgehead atoms. The van der Waals surface area contributed by atoms with Crippen LogP contribution in [0.5, 0.6) is 11.5 Å². The number of methoxy groups -OCH3 is 2. The maximum Gasteiger partial charge on any atom is 0.329 e. The van der Waals surface area contributed by atoms with Crippen molar-refractivity contribution in [1.29, 1.82) is 0 Å². The molecule has 0 radical (unpaired) electrons. The van der Waals surface area contributed by atoms with Crippen LogP contribution in [0.4, 0.5) is 0 Å². The van der Waals surface area contributed by atoms with Gasteiger partial charge in [0.25, 0.3) is 0 Å². The molecule has 0 fully saturated rings. The summed E-state index contributed by atoms with van der Waals surface area (Å²) >= 11 is 0. The predicted molar refractivity (Wildman–Crippen MR) is 73.7 cm³/mol. The van der Waals surface area contributed by atoms with Gasteiger partial charge in [-0.3, -0.25) is 9.59 Å². The van der Waals surface area contributed by atoms with Gasteiger partial charge in [0.2, 0.25) is 0 Å². The van der Waals surface area contributed by atoms with Crippen molar-refractivity contribution in [2.24, 2.45) is 10.8 Å². The van der Waals surface area contributed by atoms with Gasteiger partial charge in [0, 0.05) is 12.1 Å². The highest BCUT2D eigenvalue weighted by molar-refractivity contribution is 6.34. The molecule has 1 rings (SSSR count). The summed E-state index contributed by atoms with van der Waals surface area (Å²) in [5.41, 5.74) is 8.41. The van der Waals surface area contributed by atoms with Crippen LogP contribution < -0.4 is 20.6 Å². The highest BCUT2D eigenvalue weighted by Crippen LogP contribution is 2.27. The number of hydrogen-bond acceptors (Lipinski definition) is 5. The van der Waals surface area contributed by atoms with E-state index in [1.54, 1.807) is 27.2 Å².